The molecule has 0 aliphatic heterocycles. The zero-order chi connectivity index (χ0) is 12.8. The van der Waals surface area contributed by atoms with Crippen LogP contribution in [0.5, 0.6) is 5.75 Å². The molecule has 0 atom stereocenters. The number of nitrogens with two attached hydrogens (primary N) is 1. The van der Waals surface area contributed by atoms with E-state index in [1.807, 2.05) is 0 Å². The highest BCUT2D eigenvalue weighted by Crippen LogP contribution is 2.20. The van der Waals surface area contributed by atoms with Gasteiger partial charge in [-0.25, -0.2) is 4.79 Å². The molecule has 1 aromatic carbocycles. The summed E-state index contributed by atoms with van der Waals surface area (Å²) in [5.74, 6) is -0.946. The second kappa shape index (κ2) is 5.69. The summed E-state index contributed by atoms with van der Waals surface area (Å²) in [5, 5.41) is 9.54. The number of aromatic hydroxyl groups is 1. The zero-order valence-electron chi connectivity index (χ0n) is 9.34. The summed E-state index contributed by atoms with van der Waals surface area (Å²) in [7, 11) is 1.28. The molecule has 0 heterocycles. The van der Waals surface area contributed by atoms with Crippen molar-refractivity contribution >= 4 is 18.0 Å². The van der Waals surface area contributed by atoms with Gasteiger partial charge in [-0.2, -0.15) is 0 Å². The van der Waals surface area contributed by atoms with Gasteiger partial charge < -0.3 is 15.6 Å². The summed E-state index contributed by atoms with van der Waals surface area (Å²) in [6, 6.07) is 4.31. The van der Waals surface area contributed by atoms with Crippen LogP contribution in [0.4, 0.5) is 0 Å². The molecule has 1 rings (SSSR count). The van der Waals surface area contributed by atoms with Crippen LogP contribution in [-0.4, -0.2) is 24.1 Å². The first-order valence-electron chi connectivity index (χ1n) is 4.90. The highest BCUT2D eigenvalue weighted by atomic mass is 16.5. The Balaban J connectivity index is 2.94. The van der Waals surface area contributed by atoms with E-state index in [-0.39, 0.29) is 12.2 Å². The lowest BCUT2D eigenvalue weighted by molar-refractivity contribution is -0.117. The topological polar surface area (TPSA) is 89.6 Å². The van der Waals surface area contributed by atoms with E-state index < -0.39 is 11.9 Å². The maximum absolute atomic E-state index is 11.3. The van der Waals surface area contributed by atoms with Crippen LogP contribution in [0.15, 0.2) is 24.3 Å². The van der Waals surface area contributed by atoms with Crippen molar-refractivity contribution in [3.63, 3.8) is 0 Å². The fraction of sp³-hybridized carbons (Fsp3) is 0.167. The molecule has 0 saturated carbocycles. The quantitative estimate of drug-likeness (QED) is 0.764. The van der Waals surface area contributed by atoms with Gasteiger partial charge in [-0.05, 0) is 18.2 Å². The Bertz CT molecular complexity index is 466. The first kappa shape index (κ1) is 12.8. The Hall–Kier alpha value is -2.30. The molecule has 5 nitrogen and oxygen atoms in total. The molecule has 0 bridgehead atoms. The molecule has 0 spiro atoms. The van der Waals surface area contributed by atoms with E-state index in [9.17, 15) is 14.7 Å². The van der Waals surface area contributed by atoms with E-state index >= 15 is 0 Å². The maximum atomic E-state index is 11.3. The molecule has 17 heavy (non-hydrogen) atoms. The van der Waals surface area contributed by atoms with Gasteiger partial charge in [0.05, 0.1) is 12.7 Å². The fourth-order valence-electron chi connectivity index (χ4n) is 1.23. The molecular weight excluding hydrogens is 222 g/mol. The number of rotatable bonds is 4. The van der Waals surface area contributed by atoms with E-state index in [0.717, 1.165) is 0 Å². The number of carbonyl (C=O) groups is 2. The number of ether oxygens (including phenoxy) is 1. The Kier molecular flexibility index (Phi) is 4.28. The van der Waals surface area contributed by atoms with Crippen LogP contribution in [-0.2, 0) is 9.53 Å². The summed E-state index contributed by atoms with van der Waals surface area (Å²) in [6.45, 7) is 0. The highest BCUT2D eigenvalue weighted by Gasteiger charge is 2.07. The van der Waals surface area contributed by atoms with Crippen LogP contribution in [0.25, 0.3) is 6.08 Å². The first-order valence-corrected chi connectivity index (χ1v) is 4.90. The molecule has 1 aromatic rings. The number of carbonyl (C=O) groups excluding carboxylic acids is 2. The third-order valence-electron chi connectivity index (χ3n) is 2.07. The van der Waals surface area contributed by atoms with Gasteiger partial charge in [0.2, 0.25) is 5.91 Å². The Labute approximate surface area is 98.5 Å². The lowest BCUT2D eigenvalue weighted by Crippen LogP contribution is -2.07. The van der Waals surface area contributed by atoms with Crippen LogP contribution in [0.3, 0.4) is 0 Å². The average Bonchev–Trinajstić information content (AvgIpc) is 2.30. The number of benzene rings is 1. The van der Waals surface area contributed by atoms with Gasteiger partial charge in [0.1, 0.15) is 5.75 Å². The van der Waals surface area contributed by atoms with Crippen LogP contribution in [0.1, 0.15) is 22.3 Å². The number of hydrogen-bond donors (Lipinski definition) is 2. The summed E-state index contributed by atoms with van der Waals surface area (Å²) in [6.07, 6.45) is 3.10. The minimum absolute atomic E-state index is 0.0124. The summed E-state index contributed by atoms with van der Waals surface area (Å²) < 4.78 is 4.56. The monoisotopic (exact) mass is 235 g/mol. The average molecular weight is 235 g/mol. The molecule has 3 N–H and O–H groups in total. The van der Waals surface area contributed by atoms with Crippen LogP contribution in [0, 0.1) is 0 Å². The highest BCUT2D eigenvalue weighted by molar-refractivity contribution is 5.90. The van der Waals surface area contributed by atoms with E-state index in [2.05, 4.69) is 4.74 Å². The van der Waals surface area contributed by atoms with Crippen molar-refractivity contribution in [1.82, 2.24) is 0 Å². The van der Waals surface area contributed by atoms with Gasteiger partial charge in [-0.1, -0.05) is 12.2 Å². The van der Waals surface area contributed by atoms with Crippen LogP contribution in [0.2, 0.25) is 0 Å². The predicted molar refractivity (Wildman–Crippen MR) is 62.3 cm³/mol. The van der Waals surface area contributed by atoms with E-state index in [0.29, 0.717) is 11.1 Å². The fourth-order valence-corrected chi connectivity index (χ4v) is 1.23. The second-order valence-electron chi connectivity index (χ2n) is 3.34. The summed E-state index contributed by atoms with van der Waals surface area (Å²) in [5.41, 5.74) is 5.72. The smallest absolute Gasteiger partial charge is 0.337 e. The SMILES string of the molecule is COC(=O)c1ccc(O)c(C=CCC(N)=O)c1. The summed E-state index contributed by atoms with van der Waals surface area (Å²) in [4.78, 5) is 21.8. The van der Waals surface area contributed by atoms with Crippen molar-refractivity contribution < 1.29 is 19.4 Å². The lowest BCUT2D eigenvalue weighted by Gasteiger charge is -2.02. The lowest BCUT2D eigenvalue weighted by atomic mass is 10.1. The first-order chi connectivity index (χ1) is 8.04. The Morgan fingerprint density at radius 1 is 1.47 bits per heavy atom. The third-order valence-corrected chi connectivity index (χ3v) is 2.07. The van der Waals surface area contributed by atoms with Crippen molar-refractivity contribution in [3.05, 3.63) is 35.4 Å². The van der Waals surface area contributed by atoms with E-state index in [1.165, 1.54) is 37.5 Å². The van der Waals surface area contributed by atoms with Gasteiger partial charge in [-0.15, -0.1) is 0 Å². The molecule has 5 heteroatoms. The number of primary amides is 1. The van der Waals surface area contributed by atoms with Gasteiger partial charge in [-0.3, -0.25) is 4.79 Å². The maximum Gasteiger partial charge on any atom is 0.337 e. The standard InChI is InChI=1S/C12H13NO4/c1-17-12(16)9-5-6-10(14)8(7-9)3-2-4-11(13)15/h2-3,5-7,14H,4H2,1H3,(H2,13,15). The molecule has 0 fully saturated rings. The van der Waals surface area contributed by atoms with Gasteiger partial charge in [0.15, 0.2) is 0 Å². The molecule has 0 radical (unpaired) electrons. The van der Waals surface area contributed by atoms with Crippen LogP contribution >= 0.6 is 0 Å². The number of methoxy groups -OCH3 is 1. The van der Waals surface area contributed by atoms with Crippen molar-refractivity contribution in [2.45, 2.75) is 6.42 Å². The molecule has 0 aromatic heterocycles. The third kappa shape index (κ3) is 3.64. The second-order valence-corrected chi connectivity index (χ2v) is 3.34. The Morgan fingerprint density at radius 2 is 2.18 bits per heavy atom. The van der Waals surface area contributed by atoms with Crippen molar-refractivity contribution in [3.8, 4) is 5.75 Å². The van der Waals surface area contributed by atoms with Crippen molar-refractivity contribution in [1.29, 1.82) is 0 Å². The molecule has 0 aliphatic rings. The van der Waals surface area contributed by atoms with Crippen LogP contribution < -0.4 is 5.73 Å². The molecule has 0 aliphatic carbocycles. The number of amides is 1. The summed E-state index contributed by atoms with van der Waals surface area (Å²) >= 11 is 0. The largest absolute Gasteiger partial charge is 0.507 e. The van der Waals surface area contributed by atoms with Crippen molar-refractivity contribution in [2.75, 3.05) is 7.11 Å². The molecule has 0 saturated heterocycles. The van der Waals surface area contributed by atoms with Gasteiger partial charge >= 0.3 is 5.97 Å². The zero-order valence-corrected chi connectivity index (χ0v) is 9.34. The van der Waals surface area contributed by atoms with E-state index in [1.54, 1.807) is 0 Å². The number of hydrogen-bond acceptors (Lipinski definition) is 4. The predicted octanol–water partition coefficient (Wildman–Crippen LogP) is 1.07. The minimum atomic E-state index is -0.491. The van der Waals surface area contributed by atoms with E-state index in [4.69, 9.17) is 5.73 Å². The number of phenolic OH excluding ortho intramolecular Hbond substituents is 1. The minimum Gasteiger partial charge on any atom is -0.507 e. The van der Waals surface area contributed by atoms with Gasteiger partial charge in [0, 0.05) is 12.0 Å². The molecule has 0 unspecified atom stereocenters. The normalized spacial score (nSPS) is 10.4. The number of esters is 1. The Morgan fingerprint density at radius 3 is 2.76 bits per heavy atom. The van der Waals surface area contributed by atoms with Gasteiger partial charge in [0.25, 0.3) is 0 Å². The molecule has 1 amide bonds. The molecular formula is C12H13NO4. The molecule has 90 valence electrons. The van der Waals surface area contributed by atoms with Crippen molar-refractivity contribution in [2.24, 2.45) is 5.73 Å². The number of phenols is 1.